The molecule has 1 N–H and O–H groups in total. The molecule has 2 aromatic carbocycles. The first kappa shape index (κ1) is 28.9. The van der Waals surface area contributed by atoms with Gasteiger partial charge in [-0.05, 0) is 48.2 Å². The zero-order valence-electron chi connectivity index (χ0n) is 19.3. The summed E-state index contributed by atoms with van der Waals surface area (Å²) in [5, 5.41) is 7.00. The number of rotatable bonds is 13. The average Bonchev–Trinajstić information content (AvgIpc) is 2.87. The summed E-state index contributed by atoms with van der Waals surface area (Å²) in [6.45, 7) is 6.59. The third-order valence-electron chi connectivity index (χ3n) is 4.50. The number of unbranched alkanes of at least 4 members (excludes halogenated alkanes) is 5. The normalized spacial score (nSPS) is 9.34. The van der Waals surface area contributed by atoms with Gasteiger partial charge in [0.1, 0.15) is 18.3 Å². The number of ether oxygens (including phenoxy) is 3. The van der Waals surface area contributed by atoms with E-state index in [9.17, 15) is 4.79 Å². The Balaban J connectivity index is 0.00000227. The second-order valence-electron chi connectivity index (χ2n) is 6.59. The standard InChI is InChI=1S/C24H30O4.CH4O.CH2O/c1-3-24(25)28-19-9-7-5-4-6-8-18-27-23-16-12-21(13-17-23)20-10-14-22(26-2)15-11-20;2*1-2/h3,10-17H,1,4-9,18-19H2,2H3;2H,1H3;1H2. The molecule has 32 heavy (non-hydrogen) atoms. The number of carbonyl (C=O) groups is 2. The molecule has 6 nitrogen and oxygen atoms in total. The first-order valence-electron chi connectivity index (χ1n) is 10.6. The highest BCUT2D eigenvalue weighted by atomic mass is 16.5. The zero-order chi connectivity index (χ0) is 24.0. The summed E-state index contributed by atoms with van der Waals surface area (Å²) in [7, 11) is 2.67. The lowest BCUT2D eigenvalue weighted by molar-refractivity contribution is -0.137. The second-order valence-corrected chi connectivity index (χ2v) is 6.59. The summed E-state index contributed by atoms with van der Waals surface area (Å²) < 4.78 is 16.0. The topological polar surface area (TPSA) is 82.1 Å². The van der Waals surface area contributed by atoms with E-state index in [2.05, 4.69) is 30.8 Å². The molecule has 0 aliphatic carbocycles. The quantitative estimate of drug-likeness (QED) is 0.259. The molecule has 0 spiro atoms. The molecule has 0 aliphatic heterocycles. The van der Waals surface area contributed by atoms with Gasteiger partial charge in [-0.15, -0.1) is 0 Å². The lowest BCUT2D eigenvalue weighted by Crippen LogP contribution is -2.01. The number of hydrogen-bond acceptors (Lipinski definition) is 6. The number of methoxy groups -OCH3 is 1. The molecule has 0 aromatic heterocycles. The van der Waals surface area contributed by atoms with Crippen LogP contribution in [-0.4, -0.2) is 45.3 Å². The van der Waals surface area contributed by atoms with Crippen molar-refractivity contribution < 1.29 is 28.9 Å². The Bertz CT molecular complexity index is 725. The maximum Gasteiger partial charge on any atom is 0.330 e. The Labute approximate surface area is 191 Å². The van der Waals surface area contributed by atoms with E-state index in [1.807, 2.05) is 31.1 Å². The molecule has 0 unspecified atom stereocenters. The molecule has 0 heterocycles. The summed E-state index contributed by atoms with van der Waals surface area (Å²) in [6.07, 6.45) is 7.72. The van der Waals surface area contributed by atoms with Crippen molar-refractivity contribution in [3.05, 3.63) is 61.2 Å². The minimum Gasteiger partial charge on any atom is -0.497 e. The van der Waals surface area contributed by atoms with Crippen LogP contribution in [0.4, 0.5) is 0 Å². The number of aliphatic hydroxyl groups is 1. The Morgan fingerprint density at radius 2 is 1.22 bits per heavy atom. The predicted octanol–water partition coefficient (Wildman–Crippen LogP) is 5.23. The number of carbonyl (C=O) groups excluding carboxylic acids is 2. The van der Waals surface area contributed by atoms with Gasteiger partial charge in [0.05, 0.1) is 20.3 Å². The fourth-order valence-electron chi connectivity index (χ4n) is 2.86. The first-order chi connectivity index (χ1) is 15.7. The van der Waals surface area contributed by atoms with Crippen molar-refractivity contribution in [2.24, 2.45) is 0 Å². The Morgan fingerprint density at radius 1 is 0.781 bits per heavy atom. The number of aliphatic hydroxyl groups excluding tert-OH is 1. The van der Waals surface area contributed by atoms with E-state index in [1.165, 1.54) is 12.5 Å². The number of benzene rings is 2. The highest BCUT2D eigenvalue weighted by Crippen LogP contribution is 2.24. The third-order valence-corrected chi connectivity index (χ3v) is 4.50. The van der Waals surface area contributed by atoms with Crippen molar-refractivity contribution in [3.63, 3.8) is 0 Å². The smallest absolute Gasteiger partial charge is 0.330 e. The second kappa shape index (κ2) is 19.8. The molecule has 0 fully saturated rings. The van der Waals surface area contributed by atoms with Crippen LogP contribution in [0, 0.1) is 0 Å². The van der Waals surface area contributed by atoms with E-state index in [0.29, 0.717) is 6.61 Å². The molecule has 0 radical (unpaired) electrons. The number of esters is 1. The van der Waals surface area contributed by atoms with Gasteiger partial charge in [0, 0.05) is 13.2 Å². The molecular formula is C26H36O6. The monoisotopic (exact) mass is 444 g/mol. The summed E-state index contributed by atoms with van der Waals surface area (Å²) in [6, 6.07) is 16.2. The lowest BCUT2D eigenvalue weighted by atomic mass is 10.1. The molecule has 2 aromatic rings. The zero-order valence-corrected chi connectivity index (χ0v) is 19.3. The van der Waals surface area contributed by atoms with Crippen molar-refractivity contribution in [1.82, 2.24) is 0 Å². The molecule has 0 saturated carbocycles. The third kappa shape index (κ3) is 12.5. The van der Waals surface area contributed by atoms with Gasteiger partial charge in [0.2, 0.25) is 0 Å². The predicted molar refractivity (Wildman–Crippen MR) is 128 cm³/mol. The van der Waals surface area contributed by atoms with Gasteiger partial charge in [-0.25, -0.2) is 4.79 Å². The van der Waals surface area contributed by atoms with Crippen LogP contribution in [0.25, 0.3) is 11.1 Å². The van der Waals surface area contributed by atoms with Crippen molar-refractivity contribution in [2.75, 3.05) is 27.4 Å². The van der Waals surface area contributed by atoms with Crippen molar-refractivity contribution in [1.29, 1.82) is 0 Å². The van der Waals surface area contributed by atoms with E-state index < -0.39 is 0 Å². The lowest BCUT2D eigenvalue weighted by Gasteiger charge is -2.08. The highest BCUT2D eigenvalue weighted by Gasteiger charge is 2.00. The van der Waals surface area contributed by atoms with Crippen LogP contribution in [0.5, 0.6) is 11.5 Å². The van der Waals surface area contributed by atoms with Crippen LogP contribution in [0.3, 0.4) is 0 Å². The molecule has 0 atom stereocenters. The van der Waals surface area contributed by atoms with E-state index in [4.69, 9.17) is 24.1 Å². The van der Waals surface area contributed by atoms with Gasteiger partial charge in [0.25, 0.3) is 0 Å². The Morgan fingerprint density at radius 3 is 1.69 bits per heavy atom. The van der Waals surface area contributed by atoms with Crippen molar-refractivity contribution in [2.45, 2.75) is 38.5 Å². The van der Waals surface area contributed by atoms with E-state index in [1.54, 1.807) is 7.11 Å². The highest BCUT2D eigenvalue weighted by molar-refractivity contribution is 5.81. The van der Waals surface area contributed by atoms with Gasteiger partial charge in [-0.3, -0.25) is 0 Å². The molecule has 0 aliphatic rings. The largest absolute Gasteiger partial charge is 0.497 e. The molecule has 2 rings (SSSR count). The molecule has 6 heteroatoms. The Hall–Kier alpha value is -3.12. The fraction of sp³-hybridized carbons (Fsp3) is 0.385. The van der Waals surface area contributed by atoms with Gasteiger partial charge in [-0.1, -0.05) is 56.5 Å². The van der Waals surface area contributed by atoms with Crippen LogP contribution in [-0.2, 0) is 14.3 Å². The van der Waals surface area contributed by atoms with Gasteiger partial charge in [0.15, 0.2) is 0 Å². The summed E-state index contributed by atoms with van der Waals surface area (Å²) in [5.74, 6) is 1.43. The van der Waals surface area contributed by atoms with Crippen LogP contribution in [0.15, 0.2) is 61.2 Å². The minimum atomic E-state index is -0.339. The summed E-state index contributed by atoms with van der Waals surface area (Å²) >= 11 is 0. The van der Waals surface area contributed by atoms with Crippen molar-refractivity contribution >= 4 is 12.8 Å². The number of hydrogen-bond donors (Lipinski definition) is 1. The van der Waals surface area contributed by atoms with Crippen LogP contribution >= 0.6 is 0 Å². The van der Waals surface area contributed by atoms with Crippen molar-refractivity contribution in [3.8, 4) is 22.6 Å². The Kier molecular flexibility index (Phi) is 17.9. The van der Waals surface area contributed by atoms with Crippen LogP contribution in [0.2, 0.25) is 0 Å². The maximum atomic E-state index is 10.9. The van der Waals surface area contributed by atoms with Crippen LogP contribution in [0.1, 0.15) is 38.5 Å². The molecular weight excluding hydrogens is 408 g/mol. The van der Waals surface area contributed by atoms with Crippen LogP contribution < -0.4 is 9.47 Å². The van der Waals surface area contributed by atoms with Gasteiger partial charge < -0.3 is 24.1 Å². The molecule has 0 saturated heterocycles. The SMILES string of the molecule is C=CC(=O)OCCCCCCCCOc1ccc(-c2ccc(OC)cc2)cc1.C=O.CO. The van der Waals surface area contributed by atoms with Gasteiger partial charge in [-0.2, -0.15) is 0 Å². The minimum absolute atomic E-state index is 0.339. The maximum absolute atomic E-state index is 10.9. The van der Waals surface area contributed by atoms with E-state index in [0.717, 1.165) is 68.4 Å². The first-order valence-corrected chi connectivity index (χ1v) is 10.6. The molecule has 0 bridgehead atoms. The summed E-state index contributed by atoms with van der Waals surface area (Å²) in [5.41, 5.74) is 2.32. The van der Waals surface area contributed by atoms with E-state index in [-0.39, 0.29) is 5.97 Å². The molecule has 176 valence electrons. The van der Waals surface area contributed by atoms with Gasteiger partial charge >= 0.3 is 5.97 Å². The summed E-state index contributed by atoms with van der Waals surface area (Å²) in [4.78, 5) is 18.9. The molecule has 0 amide bonds. The van der Waals surface area contributed by atoms with E-state index >= 15 is 0 Å². The fourth-order valence-corrected chi connectivity index (χ4v) is 2.86. The average molecular weight is 445 g/mol.